The molecular weight excluding hydrogens is 319 g/mol. The van der Waals surface area contributed by atoms with Crippen molar-refractivity contribution in [1.29, 1.82) is 0 Å². The average molecular weight is 341 g/mol. The highest BCUT2D eigenvalue weighted by Gasteiger charge is 2.25. The molecule has 1 saturated heterocycles. The van der Waals surface area contributed by atoms with Crippen LogP contribution >= 0.6 is 11.6 Å². The molecule has 0 spiro atoms. The van der Waals surface area contributed by atoms with Crippen LogP contribution in [-0.4, -0.2) is 55.1 Å². The van der Waals surface area contributed by atoms with Gasteiger partial charge in [-0.2, -0.15) is 0 Å². The molecule has 5 nitrogen and oxygen atoms in total. The van der Waals surface area contributed by atoms with Gasteiger partial charge in [-0.1, -0.05) is 18.0 Å². The van der Waals surface area contributed by atoms with E-state index in [-0.39, 0.29) is 17.6 Å². The molecule has 1 aliphatic heterocycles. The van der Waals surface area contributed by atoms with Crippen LogP contribution in [0.4, 0.5) is 10.2 Å². The van der Waals surface area contributed by atoms with E-state index in [9.17, 15) is 9.18 Å². The summed E-state index contributed by atoms with van der Waals surface area (Å²) in [5.74, 6) is 0.430. The van der Waals surface area contributed by atoms with Crippen LogP contribution in [0, 0.1) is 11.7 Å². The molecule has 23 heavy (non-hydrogen) atoms. The molecule has 0 bridgehead atoms. The summed E-state index contributed by atoms with van der Waals surface area (Å²) in [6, 6.07) is 1.30. The number of hydrogen-bond donors (Lipinski definition) is 1. The van der Waals surface area contributed by atoms with Crippen molar-refractivity contribution in [3.8, 4) is 0 Å². The lowest BCUT2D eigenvalue weighted by Gasteiger charge is -2.35. The SMILES string of the molecule is O=C(NCCN1CCN(c2ncc(Cl)cc2F)CC1)C1CCC1. The molecule has 1 aliphatic carbocycles. The topological polar surface area (TPSA) is 48.5 Å². The lowest BCUT2D eigenvalue weighted by molar-refractivity contribution is -0.127. The lowest BCUT2D eigenvalue weighted by atomic mass is 9.85. The standard InChI is InChI=1S/C16H22ClFN4O/c17-13-10-14(18)15(20-11-13)22-8-6-21(7-9-22)5-4-19-16(23)12-2-1-3-12/h10-12H,1-9H2,(H,19,23). The predicted molar refractivity (Wildman–Crippen MR) is 88.2 cm³/mol. The van der Waals surface area contributed by atoms with Crippen LogP contribution in [0.5, 0.6) is 0 Å². The van der Waals surface area contributed by atoms with E-state index in [1.165, 1.54) is 18.7 Å². The monoisotopic (exact) mass is 340 g/mol. The highest BCUT2D eigenvalue weighted by Crippen LogP contribution is 2.26. The molecule has 126 valence electrons. The first-order chi connectivity index (χ1) is 11.1. The normalized spacial score (nSPS) is 19.5. The number of nitrogens with one attached hydrogen (secondary N) is 1. The number of hydrogen-bond acceptors (Lipinski definition) is 4. The van der Waals surface area contributed by atoms with Crippen molar-refractivity contribution in [3.63, 3.8) is 0 Å². The van der Waals surface area contributed by atoms with Crippen molar-refractivity contribution in [2.45, 2.75) is 19.3 Å². The van der Waals surface area contributed by atoms with Crippen molar-refractivity contribution >= 4 is 23.3 Å². The van der Waals surface area contributed by atoms with Gasteiger partial charge in [0.15, 0.2) is 11.6 Å². The average Bonchev–Trinajstić information content (AvgIpc) is 2.46. The van der Waals surface area contributed by atoms with Gasteiger partial charge in [0.2, 0.25) is 5.91 Å². The van der Waals surface area contributed by atoms with Gasteiger partial charge in [-0.05, 0) is 18.9 Å². The van der Waals surface area contributed by atoms with Crippen LogP contribution in [0.3, 0.4) is 0 Å². The fourth-order valence-corrected chi connectivity index (χ4v) is 3.12. The van der Waals surface area contributed by atoms with Gasteiger partial charge in [-0.15, -0.1) is 0 Å². The Morgan fingerprint density at radius 3 is 2.70 bits per heavy atom. The van der Waals surface area contributed by atoms with Crippen LogP contribution in [-0.2, 0) is 4.79 Å². The summed E-state index contributed by atoms with van der Waals surface area (Å²) in [6.45, 7) is 4.64. The first-order valence-electron chi connectivity index (χ1n) is 8.19. The molecule has 1 aromatic rings. The summed E-state index contributed by atoms with van der Waals surface area (Å²) in [7, 11) is 0. The zero-order chi connectivity index (χ0) is 16.2. The van der Waals surface area contributed by atoms with E-state index in [1.807, 2.05) is 4.90 Å². The minimum Gasteiger partial charge on any atom is -0.355 e. The van der Waals surface area contributed by atoms with E-state index in [0.29, 0.717) is 17.4 Å². The third kappa shape index (κ3) is 4.12. The molecule has 1 aromatic heterocycles. The molecule has 0 atom stereocenters. The maximum atomic E-state index is 13.9. The Balaban J connectivity index is 1.40. The van der Waals surface area contributed by atoms with Crippen molar-refractivity contribution in [2.24, 2.45) is 5.92 Å². The largest absolute Gasteiger partial charge is 0.355 e. The van der Waals surface area contributed by atoms with Gasteiger partial charge in [-0.3, -0.25) is 9.69 Å². The van der Waals surface area contributed by atoms with Crippen LogP contribution in [0.2, 0.25) is 5.02 Å². The number of amides is 1. The number of anilines is 1. The maximum absolute atomic E-state index is 13.9. The van der Waals surface area contributed by atoms with Crippen molar-refractivity contribution in [1.82, 2.24) is 15.2 Å². The Morgan fingerprint density at radius 2 is 2.09 bits per heavy atom. The summed E-state index contributed by atoms with van der Waals surface area (Å²) in [6.07, 6.45) is 4.71. The third-order valence-electron chi connectivity index (χ3n) is 4.66. The van der Waals surface area contributed by atoms with E-state index in [2.05, 4.69) is 15.2 Å². The van der Waals surface area contributed by atoms with Gasteiger partial charge in [0, 0.05) is 51.4 Å². The molecule has 0 unspecified atom stereocenters. The summed E-state index contributed by atoms with van der Waals surface area (Å²) in [4.78, 5) is 20.1. The first kappa shape index (κ1) is 16.5. The Kier molecular flexibility index (Phi) is 5.33. The number of carbonyl (C=O) groups excluding carboxylic acids is 1. The fourth-order valence-electron chi connectivity index (χ4n) is 2.98. The molecule has 3 rings (SSSR count). The molecule has 2 heterocycles. The second-order valence-electron chi connectivity index (χ2n) is 6.21. The Labute approximate surface area is 140 Å². The smallest absolute Gasteiger partial charge is 0.223 e. The number of aromatic nitrogens is 1. The van der Waals surface area contributed by atoms with E-state index in [4.69, 9.17) is 11.6 Å². The van der Waals surface area contributed by atoms with E-state index < -0.39 is 0 Å². The van der Waals surface area contributed by atoms with Crippen molar-refractivity contribution in [2.75, 3.05) is 44.2 Å². The molecule has 1 N–H and O–H groups in total. The number of nitrogens with zero attached hydrogens (tertiary/aromatic N) is 3. The third-order valence-corrected chi connectivity index (χ3v) is 4.87. The molecule has 2 fully saturated rings. The fraction of sp³-hybridized carbons (Fsp3) is 0.625. The molecule has 7 heteroatoms. The molecule has 2 aliphatic rings. The Hall–Kier alpha value is -1.40. The highest BCUT2D eigenvalue weighted by molar-refractivity contribution is 6.30. The van der Waals surface area contributed by atoms with Crippen LogP contribution in [0.1, 0.15) is 19.3 Å². The number of piperazine rings is 1. The summed E-state index contributed by atoms with van der Waals surface area (Å²) >= 11 is 5.73. The first-order valence-corrected chi connectivity index (χ1v) is 8.57. The second-order valence-corrected chi connectivity index (χ2v) is 6.64. The van der Waals surface area contributed by atoms with Gasteiger partial charge in [-0.25, -0.2) is 9.37 Å². The van der Waals surface area contributed by atoms with Crippen LogP contribution < -0.4 is 10.2 Å². The minimum atomic E-state index is -0.376. The quantitative estimate of drug-likeness (QED) is 0.889. The maximum Gasteiger partial charge on any atom is 0.223 e. The zero-order valence-electron chi connectivity index (χ0n) is 13.1. The molecule has 0 aromatic carbocycles. The number of halogens is 2. The summed E-state index contributed by atoms with van der Waals surface area (Å²) in [5, 5.41) is 3.32. The van der Waals surface area contributed by atoms with Crippen molar-refractivity contribution in [3.05, 3.63) is 23.1 Å². The molecule has 1 saturated carbocycles. The van der Waals surface area contributed by atoms with E-state index in [0.717, 1.165) is 45.6 Å². The lowest BCUT2D eigenvalue weighted by Crippen LogP contribution is -2.49. The van der Waals surface area contributed by atoms with Crippen LogP contribution in [0.15, 0.2) is 12.3 Å². The van der Waals surface area contributed by atoms with E-state index in [1.54, 1.807) is 0 Å². The molecular formula is C16H22ClFN4O. The van der Waals surface area contributed by atoms with E-state index >= 15 is 0 Å². The number of carbonyl (C=O) groups is 1. The predicted octanol–water partition coefficient (Wildman–Crippen LogP) is 1.91. The van der Waals surface area contributed by atoms with Gasteiger partial charge >= 0.3 is 0 Å². The highest BCUT2D eigenvalue weighted by atomic mass is 35.5. The minimum absolute atomic E-state index is 0.197. The summed E-state index contributed by atoms with van der Waals surface area (Å²) < 4.78 is 13.9. The number of pyridine rings is 1. The second kappa shape index (κ2) is 7.45. The van der Waals surface area contributed by atoms with Gasteiger partial charge in [0.1, 0.15) is 0 Å². The van der Waals surface area contributed by atoms with Crippen molar-refractivity contribution < 1.29 is 9.18 Å². The van der Waals surface area contributed by atoms with Gasteiger partial charge < -0.3 is 10.2 Å². The summed E-state index contributed by atoms with van der Waals surface area (Å²) in [5.41, 5.74) is 0. The molecule has 1 amide bonds. The Bertz CT molecular complexity index is 559. The van der Waals surface area contributed by atoms with Gasteiger partial charge in [0.25, 0.3) is 0 Å². The van der Waals surface area contributed by atoms with Crippen LogP contribution in [0.25, 0.3) is 0 Å². The van der Waals surface area contributed by atoms with Gasteiger partial charge in [0.05, 0.1) is 5.02 Å². The number of rotatable bonds is 5. The Morgan fingerprint density at radius 1 is 1.35 bits per heavy atom. The zero-order valence-corrected chi connectivity index (χ0v) is 13.9. The molecule has 0 radical (unpaired) electrons.